The molecule has 1 fully saturated rings. The molecule has 0 saturated carbocycles. The number of piperazine rings is 1. The number of rotatable bonds is 3. The highest BCUT2D eigenvalue weighted by molar-refractivity contribution is 7.14. The molecule has 4 nitrogen and oxygen atoms in total. The molecule has 0 aromatic carbocycles. The molecule has 0 aliphatic carbocycles. The van der Waals surface area contributed by atoms with E-state index in [0.29, 0.717) is 6.54 Å². The maximum atomic E-state index is 12.1. The van der Waals surface area contributed by atoms with Crippen LogP contribution in [0.15, 0.2) is 34.3 Å². The minimum atomic E-state index is 0.0435. The van der Waals surface area contributed by atoms with Crippen molar-refractivity contribution in [1.29, 1.82) is 0 Å². The predicted molar refractivity (Wildman–Crippen MR) is 84.7 cm³/mol. The number of hydrogen-bond acceptors (Lipinski definition) is 4. The topological polar surface area (TPSA) is 35.6 Å². The van der Waals surface area contributed by atoms with Gasteiger partial charge in [0.15, 0.2) is 0 Å². The van der Waals surface area contributed by atoms with Crippen LogP contribution >= 0.6 is 22.7 Å². The van der Waals surface area contributed by atoms with Crippen LogP contribution in [0.4, 0.5) is 9.80 Å². The molecule has 0 spiro atoms. The Kier molecular flexibility index (Phi) is 4.22. The molecule has 1 saturated heterocycles. The Labute approximate surface area is 126 Å². The molecule has 1 aliphatic rings. The quantitative estimate of drug-likeness (QED) is 0.946. The molecule has 0 radical (unpaired) electrons. The fourth-order valence-corrected chi connectivity index (χ4v) is 3.72. The van der Waals surface area contributed by atoms with Gasteiger partial charge >= 0.3 is 6.03 Å². The molecule has 6 heteroatoms. The molecule has 0 unspecified atom stereocenters. The van der Waals surface area contributed by atoms with Gasteiger partial charge in [0.25, 0.3) is 0 Å². The molecule has 2 amide bonds. The summed E-state index contributed by atoms with van der Waals surface area (Å²) in [6, 6.07) is 6.29. The molecule has 0 bridgehead atoms. The van der Waals surface area contributed by atoms with Gasteiger partial charge in [-0.3, -0.25) is 0 Å². The fraction of sp³-hybridized carbons (Fsp3) is 0.357. The maximum Gasteiger partial charge on any atom is 0.317 e. The van der Waals surface area contributed by atoms with Gasteiger partial charge in [-0.25, -0.2) is 4.79 Å². The summed E-state index contributed by atoms with van der Waals surface area (Å²) in [4.78, 5) is 16.3. The van der Waals surface area contributed by atoms with Crippen LogP contribution in [0.3, 0.4) is 0 Å². The Bertz CT molecular complexity index is 531. The van der Waals surface area contributed by atoms with E-state index in [9.17, 15) is 4.79 Å². The Morgan fingerprint density at radius 1 is 1.20 bits per heavy atom. The number of nitrogens with one attached hydrogen (secondary N) is 1. The van der Waals surface area contributed by atoms with Crippen LogP contribution in [0.25, 0.3) is 0 Å². The zero-order valence-corrected chi connectivity index (χ0v) is 12.8. The van der Waals surface area contributed by atoms with E-state index in [1.807, 2.05) is 16.3 Å². The first-order chi connectivity index (χ1) is 9.83. The standard InChI is InChI=1S/C14H17N3OS2/c18-14(15-10-12-3-9-19-11-12)17-6-4-16(5-7-17)13-2-1-8-20-13/h1-3,8-9,11H,4-7,10H2,(H,15,18). The van der Waals surface area contributed by atoms with Crippen molar-refractivity contribution in [2.45, 2.75) is 6.54 Å². The van der Waals surface area contributed by atoms with Gasteiger partial charge in [-0.15, -0.1) is 11.3 Å². The number of carbonyl (C=O) groups excluding carboxylic acids is 1. The highest BCUT2D eigenvalue weighted by Crippen LogP contribution is 2.22. The summed E-state index contributed by atoms with van der Waals surface area (Å²) in [6.45, 7) is 4.01. The van der Waals surface area contributed by atoms with Gasteiger partial charge in [-0.2, -0.15) is 11.3 Å². The number of amides is 2. The van der Waals surface area contributed by atoms with Gasteiger partial charge in [-0.1, -0.05) is 0 Å². The summed E-state index contributed by atoms with van der Waals surface area (Å²) in [5.41, 5.74) is 1.17. The van der Waals surface area contributed by atoms with E-state index in [-0.39, 0.29) is 6.03 Å². The van der Waals surface area contributed by atoms with Crippen molar-refractivity contribution in [2.75, 3.05) is 31.1 Å². The summed E-state index contributed by atoms with van der Waals surface area (Å²) in [5, 5.41) is 10.5. The van der Waals surface area contributed by atoms with Crippen LogP contribution in [0, 0.1) is 0 Å². The van der Waals surface area contributed by atoms with Crippen molar-refractivity contribution in [3.63, 3.8) is 0 Å². The zero-order chi connectivity index (χ0) is 13.8. The van der Waals surface area contributed by atoms with Crippen molar-refractivity contribution in [2.24, 2.45) is 0 Å². The number of anilines is 1. The Morgan fingerprint density at radius 3 is 2.70 bits per heavy atom. The molecular weight excluding hydrogens is 290 g/mol. The lowest BCUT2D eigenvalue weighted by Crippen LogP contribution is -2.51. The number of carbonyl (C=O) groups is 1. The summed E-state index contributed by atoms with van der Waals surface area (Å²) in [7, 11) is 0. The van der Waals surface area contributed by atoms with E-state index in [1.165, 1.54) is 10.6 Å². The first-order valence-corrected chi connectivity index (χ1v) is 8.47. The lowest BCUT2D eigenvalue weighted by molar-refractivity contribution is 0.194. The fourth-order valence-electron chi connectivity index (χ4n) is 2.26. The number of nitrogens with zero attached hydrogens (tertiary/aromatic N) is 2. The van der Waals surface area contributed by atoms with E-state index in [0.717, 1.165) is 26.2 Å². The van der Waals surface area contributed by atoms with E-state index in [4.69, 9.17) is 0 Å². The lowest BCUT2D eigenvalue weighted by atomic mass is 10.3. The van der Waals surface area contributed by atoms with E-state index in [1.54, 1.807) is 22.7 Å². The van der Waals surface area contributed by atoms with Crippen molar-refractivity contribution < 1.29 is 4.79 Å². The zero-order valence-electron chi connectivity index (χ0n) is 11.1. The second-order valence-corrected chi connectivity index (χ2v) is 6.42. The first kappa shape index (κ1) is 13.5. The molecule has 2 aromatic rings. The van der Waals surface area contributed by atoms with E-state index >= 15 is 0 Å². The van der Waals surface area contributed by atoms with E-state index in [2.05, 4.69) is 33.1 Å². The number of hydrogen-bond donors (Lipinski definition) is 1. The molecule has 1 aliphatic heterocycles. The molecule has 2 aromatic heterocycles. The predicted octanol–water partition coefficient (Wildman–Crippen LogP) is 2.84. The molecule has 1 N–H and O–H groups in total. The van der Waals surface area contributed by atoms with Gasteiger partial charge < -0.3 is 15.1 Å². The van der Waals surface area contributed by atoms with Crippen molar-refractivity contribution in [1.82, 2.24) is 10.2 Å². The minimum Gasteiger partial charge on any atom is -0.360 e. The van der Waals surface area contributed by atoms with Crippen LogP contribution in [-0.4, -0.2) is 37.1 Å². The van der Waals surface area contributed by atoms with Crippen LogP contribution < -0.4 is 10.2 Å². The molecule has 106 valence electrons. The molecule has 3 heterocycles. The van der Waals surface area contributed by atoms with Gasteiger partial charge in [0.05, 0.1) is 5.00 Å². The third-order valence-electron chi connectivity index (χ3n) is 3.41. The highest BCUT2D eigenvalue weighted by Gasteiger charge is 2.21. The lowest BCUT2D eigenvalue weighted by Gasteiger charge is -2.35. The third kappa shape index (κ3) is 3.13. The van der Waals surface area contributed by atoms with Crippen LogP contribution in [0.1, 0.15) is 5.56 Å². The second kappa shape index (κ2) is 6.28. The number of thiophene rings is 2. The largest absolute Gasteiger partial charge is 0.360 e. The van der Waals surface area contributed by atoms with Gasteiger partial charge in [0.1, 0.15) is 0 Å². The maximum absolute atomic E-state index is 12.1. The van der Waals surface area contributed by atoms with Crippen LogP contribution in [0.2, 0.25) is 0 Å². The molecule has 3 rings (SSSR count). The second-order valence-electron chi connectivity index (χ2n) is 4.72. The Morgan fingerprint density at radius 2 is 2.05 bits per heavy atom. The average Bonchev–Trinajstić information content (AvgIpc) is 3.18. The monoisotopic (exact) mass is 307 g/mol. The molecular formula is C14H17N3OS2. The van der Waals surface area contributed by atoms with Gasteiger partial charge in [0, 0.05) is 32.7 Å². The highest BCUT2D eigenvalue weighted by atomic mass is 32.1. The Balaban J connectivity index is 1.46. The van der Waals surface area contributed by atoms with Gasteiger partial charge in [-0.05, 0) is 39.9 Å². The molecule has 0 atom stereocenters. The average molecular weight is 307 g/mol. The third-order valence-corrected chi connectivity index (χ3v) is 5.07. The number of urea groups is 1. The normalized spacial score (nSPS) is 15.4. The molecule has 20 heavy (non-hydrogen) atoms. The summed E-state index contributed by atoms with van der Waals surface area (Å²) in [6.07, 6.45) is 0. The van der Waals surface area contributed by atoms with Crippen LogP contribution in [-0.2, 0) is 6.54 Å². The van der Waals surface area contributed by atoms with Crippen molar-refractivity contribution in [3.8, 4) is 0 Å². The minimum absolute atomic E-state index is 0.0435. The Hall–Kier alpha value is -1.53. The SMILES string of the molecule is O=C(NCc1ccsc1)N1CCN(c2cccs2)CC1. The van der Waals surface area contributed by atoms with E-state index < -0.39 is 0 Å². The van der Waals surface area contributed by atoms with Crippen molar-refractivity contribution >= 4 is 33.7 Å². The van der Waals surface area contributed by atoms with Gasteiger partial charge in [0.2, 0.25) is 0 Å². The smallest absolute Gasteiger partial charge is 0.317 e. The summed E-state index contributed by atoms with van der Waals surface area (Å²) < 4.78 is 0. The van der Waals surface area contributed by atoms with Crippen LogP contribution in [0.5, 0.6) is 0 Å². The summed E-state index contributed by atoms with van der Waals surface area (Å²) >= 11 is 3.41. The summed E-state index contributed by atoms with van der Waals surface area (Å²) in [5.74, 6) is 0. The van der Waals surface area contributed by atoms with Crippen molar-refractivity contribution in [3.05, 3.63) is 39.9 Å². The first-order valence-electron chi connectivity index (χ1n) is 6.65.